The van der Waals surface area contributed by atoms with Gasteiger partial charge in [0, 0.05) is 64.4 Å². The fraction of sp³-hybridized carbons (Fsp3) is 0.467. The number of carbonyl (C=O) groups is 1. The highest BCUT2D eigenvalue weighted by Gasteiger charge is 2.30. The largest absolute Gasteiger partial charge is 0.370 e. The normalized spacial score (nSPS) is 19.2. The Labute approximate surface area is 229 Å². The lowest BCUT2D eigenvalue weighted by Gasteiger charge is -2.40. The van der Waals surface area contributed by atoms with E-state index >= 15 is 0 Å². The van der Waals surface area contributed by atoms with Gasteiger partial charge in [0.05, 0.1) is 16.8 Å². The van der Waals surface area contributed by atoms with Crippen LogP contribution in [-0.2, 0) is 4.79 Å². The van der Waals surface area contributed by atoms with Gasteiger partial charge in [-0.3, -0.25) is 9.36 Å². The van der Waals surface area contributed by atoms with E-state index in [1.54, 1.807) is 11.5 Å². The summed E-state index contributed by atoms with van der Waals surface area (Å²) in [6.45, 7) is 14.1. The first-order chi connectivity index (χ1) is 18.5. The molecule has 1 aliphatic carbocycles. The number of hydrogen-bond acceptors (Lipinski definition) is 5. The van der Waals surface area contributed by atoms with Gasteiger partial charge in [0.15, 0.2) is 5.65 Å². The number of carbonyl (C=O) groups excluding carboxylic acids is 1. The summed E-state index contributed by atoms with van der Waals surface area (Å²) in [5.41, 5.74) is 3.88. The highest BCUT2D eigenvalue weighted by atomic mass is 19.1. The Morgan fingerprint density at radius 1 is 1.00 bits per heavy atom. The summed E-state index contributed by atoms with van der Waals surface area (Å²) in [4.78, 5) is 27.4. The number of fused-ring (bicyclic) bond motifs is 1. The van der Waals surface area contributed by atoms with Gasteiger partial charge in [0.1, 0.15) is 23.8 Å². The van der Waals surface area contributed by atoms with Crippen LogP contribution in [0.1, 0.15) is 47.5 Å². The minimum absolute atomic E-state index is 0.0707. The Morgan fingerprint density at radius 3 is 2.21 bits per heavy atom. The zero-order valence-corrected chi connectivity index (χ0v) is 23.4. The minimum Gasteiger partial charge on any atom is -0.370 e. The molecular formula is C30H37F2N6O. The topological polar surface area (TPSA) is 57.5 Å². The molecule has 6 rings (SSSR count). The van der Waals surface area contributed by atoms with Crippen LogP contribution in [0, 0.1) is 23.5 Å². The van der Waals surface area contributed by atoms with E-state index in [1.165, 1.54) is 24.0 Å². The van der Waals surface area contributed by atoms with Crippen LogP contribution >= 0.6 is 0 Å². The maximum atomic E-state index is 14.0. The number of rotatable bonds is 3. The molecule has 0 saturated carbocycles. The fourth-order valence-corrected chi connectivity index (χ4v) is 5.42. The lowest BCUT2D eigenvalue weighted by molar-refractivity contribution is -0.129. The number of halogens is 2. The molecule has 7 nitrogen and oxygen atoms in total. The quantitative estimate of drug-likeness (QED) is 0.441. The maximum absolute atomic E-state index is 14.0. The number of nitrogens with zero attached hydrogens (tertiary/aromatic N) is 6. The molecule has 0 bridgehead atoms. The predicted octanol–water partition coefficient (Wildman–Crippen LogP) is 5.53. The minimum atomic E-state index is -0.632. The summed E-state index contributed by atoms with van der Waals surface area (Å²) >= 11 is 0. The average molecular weight is 536 g/mol. The summed E-state index contributed by atoms with van der Waals surface area (Å²) in [5, 5.41) is 0.877. The second-order valence-electron chi connectivity index (χ2n) is 11.6. The zero-order valence-electron chi connectivity index (χ0n) is 23.4. The van der Waals surface area contributed by atoms with Crippen molar-refractivity contribution in [2.45, 2.75) is 53.5 Å². The van der Waals surface area contributed by atoms with Crippen LogP contribution in [0.25, 0.3) is 16.7 Å². The summed E-state index contributed by atoms with van der Waals surface area (Å²) < 4.78 is 29.8. The second kappa shape index (κ2) is 10.6. The van der Waals surface area contributed by atoms with Crippen molar-refractivity contribution in [2.75, 3.05) is 42.5 Å². The Hall–Kier alpha value is -3.49. The molecule has 9 heteroatoms. The standard InChI is InChI=1S/C23H26F2N6O.C7H11/c1-15-12-29(16(2)32)7-8-30(15)22-21-20(28-5-3-4-6-28)13-31(23(21)27-14-26-22)19-10-17(24)9-18(25)11-19;1-7(2,3)6-4-5-6/h9-11,13-15H,3-8,12H2,1-2H3;4-5H,1-3H3/t15-;/m0./s1. The molecular weight excluding hydrogens is 498 g/mol. The molecule has 2 fully saturated rings. The Kier molecular flexibility index (Phi) is 7.35. The van der Waals surface area contributed by atoms with Crippen molar-refractivity contribution >= 4 is 28.4 Å². The van der Waals surface area contributed by atoms with Crippen molar-refractivity contribution in [2.24, 2.45) is 5.41 Å². The second-order valence-corrected chi connectivity index (χ2v) is 11.6. The maximum Gasteiger partial charge on any atom is 0.219 e. The van der Waals surface area contributed by atoms with E-state index in [0.29, 0.717) is 36.4 Å². The molecule has 3 aliphatic rings. The van der Waals surface area contributed by atoms with Crippen molar-refractivity contribution in [1.29, 1.82) is 0 Å². The van der Waals surface area contributed by atoms with E-state index in [0.717, 1.165) is 48.9 Å². The van der Waals surface area contributed by atoms with Crippen LogP contribution in [0.2, 0.25) is 0 Å². The van der Waals surface area contributed by atoms with Crippen molar-refractivity contribution in [3.8, 4) is 5.69 Å². The summed E-state index contributed by atoms with van der Waals surface area (Å²) in [6, 6.07) is 3.57. The van der Waals surface area contributed by atoms with Crippen molar-refractivity contribution < 1.29 is 13.6 Å². The molecule has 0 spiro atoms. The molecule has 4 heterocycles. The third-order valence-corrected chi connectivity index (χ3v) is 7.66. The van der Waals surface area contributed by atoms with E-state index in [9.17, 15) is 13.6 Å². The van der Waals surface area contributed by atoms with Crippen molar-refractivity contribution in [1.82, 2.24) is 19.4 Å². The van der Waals surface area contributed by atoms with Gasteiger partial charge in [0.2, 0.25) is 5.91 Å². The van der Waals surface area contributed by atoms with Gasteiger partial charge in [-0.2, -0.15) is 0 Å². The van der Waals surface area contributed by atoms with Crippen LogP contribution in [0.3, 0.4) is 0 Å². The van der Waals surface area contributed by atoms with E-state index < -0.39 is 11.6 Å². The monoisotopic (exact) mass is 535 g/mol. The van der Waals surface area contributed by atoms with Crippen LogP contribution in [0.4, 0.5) is 20.3 Å². The van der Waals surface area contributed by atoms with Crippen LogP contribution in [0.5, 0.6) is 0 Å². The lowest BCUT2D eigenvalue weighted by Crippen LogP contribution is -2.53. The van der Waals surface area contributed by atoms with Crippen LogP contribution < -0.4 is 9.80 Å². The fourth-order valence-electron chi connectivity index (χ4n) is 5.42. The number of benzene rings is 1. The average Bonchev–Trinajstić information content (AvgIpc) is 3.47. The zero-order chi connectivity index (χ0) is 27.9. The third kappa shape index (κ3) is 5.77. The van der Waals surface area contributed by atoms with E-state index in [-0.39, 0.29) is 11.9 Å². The van der Waals surface area contributed by atoms with Gasteiger partial charge in [-0.05, 0) is 37.3 Å². The van der Waals surface area contributed by atoms with Gasteiger partial charge in [0.25, 0.3) is 0 Å². The van der Waals surface area contributed by atoms with Crippen LogP contribution in [-0.4, -0.2) is 64.1 Å². The summed E-state index contributed by atoms with van der Waals surface area (Å²) in [6.07, 6.45) is 9.94. The molecule has 207 valence electrons. The molecule has 0 unspecified atom stereocenters. The van der Waals surface area contributed by atoms with Gasteiger partial charge >= 0.3 is 0 Å². The Balaban J connectivity index is 0.000000384. The molecule has 1 atom stereocenters. The molecule has 2 aliphatic heterocycles. The number of anilines is 2. The first kappa shape index (κ1) is 27.1. The molecule has 1 aromatic carbocycles. The predicted molar refractivity (Wildman–Crippen MR) is 151 cm³/mol. The smallest absolute Gasteiger partial charge is 0.219 e. The lowest BCUT2D eigenvalue weighted by atomic mass is 9.93. The highest BCUT2D eigenvalue weighted by Crippen LogP contribution is 2.39. The molecule has 1 amide bonds. The molecule has 2 saturated heterocycles. The number of piperazine rings is 1. The third-order valence-electron chi connectivity index (χ3n) is 7.66. The van der Waals surface area contributed by atoms with E-state index in [4.69, 9.17) is 0 Å². The molecule has 2 aromatic heterocycles. The molecule has 1 radical (unpaired) electrons. The van der Waals surface area contributed by atoms with Gasteiger partial charge in [-0.25, -0.2) is 18.7 Å². The number of aromatic nitrogens is 3. The molecule has 39 heavy (non-hydrogen) atoms. The Morgan fingerprint density at radius 2 is 1.67 bits per heavy atom. The first-order valence-corrected chi connectivity index (χ1v) is 13.7. The molecule has 0 N–H and O–H groups in total. The highest BCUT2D eigenvalue weighted by molar-refractivity contribution is 6.01. The number of amides is 1. The van der Waals surface area contributed by atoms with E-state index in [2.05, 4.69) is 60.0 Å². The Bertz CT molecular complexity index is 1380. The van der Waals surface area contributed by atoms with Gasteiger partial charge in [-0.15, -0.1) is 0 Å². The number of hydrogen-bond donors (Lipinski definition) is 0. The summed E-state index contributed by atoms with van der Waals surface area (Å²) in [7, 11) is 0. The van der Waals surface area contributed by atoms with Crippen molar-refractivity contribution in [3.63, 3.8) is 0 Å². The number of allylic oxidation sites excluding steroid dienone is 2. The first-order valence-electron chi connectivity index (χ1n) is 13.7. The summed E-state index contributed by atoms with van der Waals surface area (Å²) in [5.74, 6) is -0.398. The van der Waals surface area contributed by atoms with E-state index in [1.807, 2.05) is 11.1 Å². The van der Waals surface area contributed by atoms with Gasteiger partial charge in [-0.1, -0.05) is 32.4 Å². The van der Waals surface area contributed by atoms with Crippen LogP contribution in [0.15, 0.2) is 42.4 Å². The molecule has 3 aromatic rings. The van der Waals surface area contributed by atoms with Gasteiger partial charge < -0.3 is 14.7 Å². The van der Waals surface area contributed by atoms with Crippen molar-refractivity contribution in [3.05, 3.63) is 60.4 Å². The SMILES string of the molecule is CC(=O)N1CCN(c2ncnc3c2c(N2CCCC2)cn3-c2cc(F)cc(F)c2)[C@@H](C)C1.CC(C)(C)C1=C[CH]1.